The molecule has 0 aliphatic rings. The largest absolute Gasteiger partial charge is 0.306 e. The van der Waals surface area contributed by atoms with Gasteiger partial charge in [0.05, 0.1) is 9.26 Å². The number of H-pyrrole nitrogens is 1. The van der Waals surface area contributed by atoms with Crippen molar-refractivity contribution in [1.82, 2.24) is 9.97 Å². The summed E-state index contributed by atoms with van der Waals surface area (Å²) in [4.78, 5) is 18.5. The molecule has 5 heteroatoms. The van der Waals surface area contributed by atoms with Crippen LogP contribution >= 0.6 is 22.6 Å². The number of nitrogens with zero attached hydrogens (tertiary/aromatic N) is 1. The van der Waals surface area contributed by atoms with E-state index < -0.39 is 0 Å². The molecule has 0 saturated heterocycles. The van der Waals surface area contributed by atoms with Crippen molar-refractivity contribution >= 4 is 22.6 Å². The van der Waals surface area contributed by atoms with Gasteiger partial charge in [-0.25, -0.2) is 9.37 Å². The first-order chi connectivity index (χ1) is 7.97. The molecule has 17 heavy (non-hydrogen) atoms. The molecular formula is C12H10FIN2O. The minimum atomic E-state index is -0.334. The van der Waals surface area contributed by atoms with E-state index in [1.807, 2.05) is 22.6 Å². The number of aromatic amines is 1. The third kappa shape index (κ3) is 2.54. The molecule has 0 atom stereocenters. The van der Waals surface area contributed by atoms with Crippen molar-refractivity contribution in [3.63, 3.8) is 0 Å². The minimum Gasteiger partial charge on any atom is -0.306 e. The summed E-state index contributed by atoms with van der Waals surface area (Å²) in [5.41, 5.74) is 1.82. The first-order valence-electron chi connectivity index (χ1n) is 5.01. The van der Waals surface area contributed by atoms with Crippen LogP contribution in [0.15, 0.2) is 23.0 Å². The highest BCUT2D eigenvalue weighted by atomic mass is 127. The average molecular weight is 344 g/mol. The van der Waals surface area contributed by atoms with E-state index in [0.29, 0.717) is 20.7 Å². The summed E-state index contributed by atoms with van der Waals surface area (Å²) in [5.74, 6) is 0.0642. The number of nitrogens with one attached hydrogen (secondary N) is 1. The number of benzene rings is 1. The molecule has 1 N–H and O–H groups in total. The SMILES string of the molecule is Cc1cc(F)cc(-c2nc(C)c(I)c(=O)[nH]2)c1. The van der Waals surface area contributed by atoms with Gasteiger partial charge in [0.2, 0.25) is 0 Å². The highest BCUT2D eigenvalue weighted by Gasteiger charge is 2.08. The summed E-state index contributed by atoms with van der Waals surface area (Å²) in [6.45, 7) is 3.55. The van der Waals surface area contributed by atoms with Gasteiger partial charge in [0.1, 0.15) is 11.6 Å². The van der Waals surface area contributed by atoms with Gasteiger partial charge in [0.25, 0.3) is 5.56 Å². The quantitative estimate of drug-likeness (QED) is 0.809. The molecule has 0 fully saturated rings. The van der Waals surface area contributed by atoms with Crippen LogP contribution in [-0.4, -0.2) is 9.97 Å². The van der Waals surface area contributed by atoms with Crippen LogP contribution in [0.5, 0.6) is 0 Å². The van der Waals surface area contributed by atoms with Crippen molar-refractivity contribution < 1.29 is 4.39 Å². The van der Waals surface area contributed by atoms with Crippen LogP contribution in [0, 0.1) is 23.2 Å². The molecule has 0 saturated carbocycles. The molecule has 0 amide bonds. The van der Waals surface area contributed by atoms with Crippen molar-refractivity contribution in [2.24, 2.45) is 0 Å². The molecule has 88 valence electrons. The van der Waals surface area contributed by atoms with Gasteiger partial charge in [-0.3, -0.25) is 4.79 Å². The lowest BCUT2D eigenvalue weighted by Crippen LogP contribution is -2.14. The Balaban J connectivity index is 2.65. The van der Waals surface area contributed by atoms with Gasteiger partial charge in [-0.05, 0) is 60.2 Å². The molecule has 1 heterocycles. The summed E-state index contributed by atoms with van der Waals surface area (Å²) >= 11 is 1.94. The zero-order chi connectivity index (χ0) is 12.6. The second kappa shape index (κ2) is 4.56. The third-order valence-electron chi connectivity index (χ3n) is 2.34. The van der Waals surface area contributed by atoms with E-state index in [1.165, 1.54) is 12.1 Å². The van der Waals surface area contributed by atoms with Gasteiger partial charge in [-0.2, -0.15) is 0 Å². The topological polar surface area (TPSA) is 45.8 Å². The Morgan fingerprint density at radius 1 is 1.29 bits per heavy atom. The van der Waals surface area contributed by atoms with Crippen LogP contribution in [-0.2, 0) is 0 Å². The Morgan fingerprint density at radius 2 is 2.00 bits per heavy atom. The number of aromatic nitrogens is 2. The van der Waals surface area contributed by atoms with Gasteiger partial charge in [-0.15, -0.1) is 0 Å². The Bertz CT molecular complexity index is 617. The lowest BCUT2D eigenvalue weighted by Gasteiger charge is -2.05. The first-order valence-corrected chi connectivity index (χ1v) is 6.09. The summed E-state index contributed by atoms with van der Waals surface area (Å²) in [5, 5.41) is 0. The van der Waals surface area contributed by atoms with Gasteiger partial charge < -0.3 is 4.98 Å². The first kappa shape index (κ1) is 12.2. The summed E-state index contributed by atoms with van der Waals surface area (Å²) in [7, 11) is 0. The normalized spacial score (nSPS) is 10.6. The molecule has 0 aliphatic carbocycles. The van der Waals surface area contributed by atoms with Crippen molar-refractivity contribution in [2.75, 3.05) is 0 Å². The van der Waals surface area contributed by atoms with E-state index in [2.05, 4.69) is 9.97 Å². The zero-order valence-corrected chi connectivity index (χ0v) is 11.5. The number of halogens is 2. The summed E-state index contributed by atoms with van der Waals surface area (Å²) in [6.07, 6.45) is 0. The fourth-order valence-electron chi connectivity index (χ4n) is 1.58. The predicted octanol–water partition coefficient (Wildman–Crippen LogP) is 2.80. The maximum atomic E-state index is 13.3. The lowest BCUT2D eigenvalue weighted by atomic mass is 10.1. The highest BCUT2D eigenvalue weighted by Crippen LogP contribution is 2.18. The number of rotatable bonds is 1. The van der Waals surface area contributed by atoms with Crippen LogP contribution in [0.3, 0.4) is 0 Å². The smallest absolute Gasteiger partial charge is 0.264 e. The molecule has 0 radical (unpaired) electrons. The third-order valence-corrected chi connectivity index (χ3v) is 3.61. The molecule has 3 nitrogen and oxygen atoms in total. The van der Waals surface area contributed by atoms with Crippen LogP contribution < -0.4 is 5.56 Å². The zero-order valence-electron chi connectivity index (χ0n) is 9.34. The van der Waals surface area contributed by atoms with E-state index in [4.69, 9.17) is 0 Å². The fraction of sp³-hybridized carbons (Fsp3) is 0.167. The molecular weight excluding hydrogens is 334 g/mol. The Morgan fingerprint density at radius 3 is 2.59 bits per heavy atom. The molecule has 0 aliphatic heterocycles. The second-order valence-electron chi connectivity index (χ2n) is 3.83. The molecule has 2 rings (SSSR count). The van der Waals surface area contributed by atoms with Gasteiger partial charge in [0, 0.05) is 5.56 Å². The van der Waals surface area contributed by atoms with Crippen LogP contribution in [0.2, 0.25) is 0 Å². The highest BCUT2D eigenvalue weighted by molar-refractivity contribution is 14.1. The van der Waals surface area contributed by atoms with Crippen molar-refractivity contribution in [2.45, 2.75) is 13.8 Å². The summed E-state index contributed by atoms with van der Waals surface area (Å²) in [6, 6.07) is 4.58. The Labute approximate surface area is 111 Å². The number of aryl methyl sites for hydroxylation is 2. The van der Waals surface area contributed by atoms with E-state index in [0.717, 1.165) is 5.56 Å². The fourth-order valence-corrected chi connectivity index (χ4v) is 1.84. The van der Waals surface area contributed by atoms with Crippen LogP contribution in [0.4, 0.5) is 4.39 Å². The number of hydrogen-bond acceptors (Lipinski definition) is 2. The van der Waals surface area contributed by atoms with Crippen molar-refractivity contribution in [1.29, 1.82) is 0 Å². The van der Waals surface area contributed by atoms with E-state index >= 15 is 0 Å². The van der Waals surface area contributed by atoms with E-state index in [9.17, 15) is 9.18 Å². The molecule has 2 aromatic rings. The van der Waals surface area contributed by atoms with Gasteiger partial charge in [0.15, 0.2) is 0 Å². The van der Waals surface area contributed by atoms with E-state index in [1.54, 1.807) is 19.9 Å². The Hall–Kier alpha value is -1.24. The van der Waals surface area contributed by atoms with Gasteiger partial charge in [-0.1, -0.05) is 0 Å². The van der Waals surface area contributed by atoms with Crippen molar-refractivity contribution in [3.05, 3.63) is 49.2 Å². The average Bonchev–Trinajstić information content (AvgIpc) is 2.23. The monoisotopic (exact) mass is 344 g/mol. The van der Waals surface area contributed by atoms with Crippen LogP contribution in [0.1, 0.15) is 11.3 Å². The maximum absolute atomic E-state index is 13.3. The van der Waals surface area contributed by atoms with E-state index in [-0.39, 0.29) is 11.4 Å². The Kier molecular flexibility index (Phi) is 3.28. The maximum Gasteiger partial charge on any atom is 0.264 e. The van der Waals surface area contributed by atoms with Crippen LogP contribution in [0.25, 0.3) is 11.4 Å². The lowest BCUT2D eigenvalue weighted by molar-refractivity contribution is 0.627. The molecule has 1 aromatic carbocycles. The molecule has 0 bridgehead atoms. The van der Waals surface area contributed by atoms with Crippen molar-refractivity contribution in [3.8, 4) is 11.4 Å². The minimum absolute atomic E-state index is 0.199. The second-order valence-corrected chi connectivity index (χ2v) is 4.91. The summed E-state index contributed by atoms with van der Waals surface area (Å²) < 4.78 is 13.8. The molecule has 1 aromatic heterocycles. The molecule has 0 spiro atoms. The standard InChI is InChI=1S/C12H10FIN2O/c1-6-3-8(5-9(13)4-6)11-15-7(2)10(14)12(17)16-11/h3-5H,1-2H3,(H,15,16,17). The van der Waals surface area contributed by atoms with Gasteiger partial charge >= 0.3 is 0 Å². The molecule has 0 unspecified atom stereocenters. The predicted molar refractivity (Wildman–Crippen MR) is 72.4 cm³/mol. The number of hydrogen-bond donors (Lipinski definition) is 1.